The van der Waals surface area contributed by atoms with E-state index in [4.69, 9.17) is 4.42 Å². The fraction of sp³-hybridized carbons (Fsp3) is 0.375. The van der Waals surface area contributed by atoms with Crippen LogP contribution < -0.4 is 5.32 Å². The van der Waals surface area contributed by atoms with Gasteiger partial charge in [-0.2, -0.15) is 0 Å². The van der Waals surface area contributed by atoms with Crippen LogP contribution in [0.15, 0.2) is 22.8 Å². The summed E-state index contributed by atoms with van der Waals surface area (Å²) in [4.78, 5) is 26.8. The Bertz CT molecular complexity index is 696. The van der Waals surface area contributed by atoms with Gasteiger partial charge in [-0.1, -0.05) is 0 Å². The first-order valence-electron chi connectivity index (χ1n) is 6.98. The first-order chi connectivity index (χ1) is 10.2. The number of hydrogen-bond acceptors (Lipinski definition) is 4. The quantitative estimate of drug-likeness (QED) is 0.737. The van der Waals surface area contributed by atoms with E-state index in [2.05, 4.69) is 10.3 Å². The van der Waals surface area contributed by atoms with E-state index in [1.807, 2.05) is 0 Å². The lowest BCUT2D eigenvalue weighted by Gasteiger charge is -2.21. The molecule has 22 heavy (non-hydrogen) atoms. The molecule has 1 amide bonds. The second-order valence-electron chi connectivity index (χ2n) is 5.62. The average molecular weight is 304 g/mol. The number of nitrogens with one attached hydrogen (secondary N) is 2. The highest BCUT2D eigenvalue weighted by molar-refractivity contribution is 6.02. The van der Waals surface area contributed by atoms with Crippen LogP contribution in [0.25, 0.3) is 0 Å². The van der Waals surface area contributed by atoms with Gasteiger partial charge < -0.3 is 19.8 Å². The molecule has 6 nitrogen and oxygen atoms in total. The minimum atomic E-state index is -1.31. The molecule has 0 saturated heterocycles. The number of carbonyl (C=O) groups excluding carboxylic acids is 2. The lowest BCUT2D eigenvalue weighted by atomic mass is 10.0. The first kappa shape index (κ1) is 16.0. The van der Waals surface area contributed by atoms with Crippen molar-refractivity contribution >= 4 is 11.7 Å². The molecule has 0 aliphatic carbocycles. The van der Waals surface area contributed by atoms with Crippen molar-refractivity contribution in [1.29, 1.82) is 0 Å². The smallest absolute Gasteiger partial charge is 0.268 e. The molecule has 0 aliphatic heterocycles. The number of carbonyl (C=O) groups is 2. The Balaban J connectivity index is 2.14. The molecule has 6 heteroatoms. The maximum Gasteiger partial charge on any atom is 0.268 e. The second kappa shape index (κ2) is 5.81. The fourth-order valence-corrected chi connectivity index (χ4v) is 2.52. The van der Waals surface area contributed by atoms with E-state index >= 15 is 0 Å². The fourth-order valence-electron chi connectivity index (χ4n) is 2.52. The lowest BCUT2D eigenvalue weighted by Crippen LogP contribution is -2.38. The molecule has 0 aliphatic rings. The Morgan fingerprint density at radius 1 is 1.41 bits per heavy atom. The van der Waals surface area contributed by atoms with Gasteiger partial charge in [-0.05, 0) is 45.4 Å². The molecule has 2 aromatic rings. The Morgan fingerprint density at radius 2 is 2.09 bits per heavy atom. The van der Waals surface area contributed by atoms with Crippen molar-refractivity contribution in [3.05, 3.63) is 46.7 Å². The predicted octanol–water partition coefficient (Wildman–Crippen LogP) is 2.06. The highest BCUT2D eigenvalue weighted by Gasteiger charge is 2.28. The van der Waals surface area contributed by atoms with Gasteiger partial charge in [-0.25, -0.2) is 0 Å². The molecule has 118 valence electrons. The summed E-state index contributed by atoms with van der Waals surface area (Å²) >= 11 is 0. The molecule has 1 atom stereocenters. The number of aromatic amines is 1. The van der Waals surface area contributed by atoms with Gasteiger partial charge in [0.05, 0.1) is 12.8 Å². The third-order valence-corrected chi connectivity index (χ3v) is 3.66. The normalized spacial score (nSPS) is 13.7. The van der Waals surface area contributed by atoms with Gasteiger partial charge in [0, 0.05) is 11.3 Å². The zero-order valence-electron chi connectivity index (χ0n) is 13.1. The molecule has 3 N–H and O–H groups in total. The van der Waals surface area contributed by atoms with E-state index in [9.17, 15) is 14.7 Å². The number of aromatic nitrogens is 1. The molecule has 2 aromatic heterocycles. The van der Waals surface area contributed by atoms with E-state index in [1.54, 1.807) is 32.9 Å². The van der Waals surface area contributed by atoms with Gasteiger partial charge in [0.2, 0.25) is 0 Å². The topological polar surface area (TPSA) is 95.3 Å². The van der Waals surface area contributed by atoms with E-state index in [-0.39, 0.29) is 18.2 Å². The van der Waals surface area contributed by atoms with Crippen LogP contribution in [0.3, 0.4) is 0 Å². The second-order valence-corrected chi connectivity index (χ2v) is 5.62. The number of aryl methyl sites for hydroxylation is 1. The lowest BCUT2D eigenvalue weighted by molar-refractivity contribution is 0.0329. The standard InChI is InChI=1S/C16H20N2O4/c1-9-13(11(3)19)10(2)18-14(9)15(20)17-8-16(4,21)12-6-5-7-22-12/h5-7,18,21H,8H2,1-4H3,(H,17,20). The van der Waals surface area contributed by atoms with Crippen LogP contribution in [0, 0.1) is 13.8 Å². The zero-order valence-corrected chi connectivity index (χ0v) is 13.1. The van der Waals surface area contributed by atoms with Crippen LogP contribution in [0.4, 0.5) is 0 Å². The highest BCUT2D eigenvalue weighted by atomic mass is 16.4. The Labute approximate surface area is 128 Å². The first-order valence-corrected chi connectivity index (χ1v) is 6.98. The Morgan fingerprint density at radius 3 is 2.59 bits per heavy atom. The van der Waals surface area contributed by atoms with Crippen LogP contribution in [0.1, 0.15) is 51.7 Å². The number of H-pyrrole nitrogens is 1. The summed E-state index contributed by atoms with van der Waals surface area (Å²) in [5.74, 6) is -0.0931. The Hall–Kier alpha value is -2.34. The van der Waals surface area contributed by atoms with Crippen LogP contribution >= 0.6 is 0 Å². The molecule has 0 aromatic carbocycles. The van der Waals surface area contributed by atoms with Crippen molar-refractivity contribution in [1.82, 2.24) is 10.3 Å². The molecule has 0 radical (unpaired) electrons. The van der Waals surface area contributed by atoms with Gasteiger partial charge in [0.15, 0.2) is 5.78 Å². The van der Waals surface area contributed by atoms with Gasteiger partial charge in [0.25, 0.3) is 5.91 Å². The largest absolute Gasteiger partial charge is 0.466 e. The number of furan rings is 1. The molecule has 2 heterocycles. The maximum absolute atomic E-state index is 12.3. The van der Waals surface area contributed by atoms with Crippen LogP contribution in [0.2, 0.25) is 0 Å². The third kappa shape index (κ3) is 2.96. The van der Waals surface area contributed by atoms with E-state index in [0.717, 1.165) is 0 Å². The van der Waals surface area contributed by atoms with Gasteiger partial charge in [-0.15, -0.1) is 0 Å². The average Bonchev–Trinajstić information content (AvgIpc) is 3.04. The summed E-state index contributed by atoms with van der Waals surface area (Å²) in [6, 6.07) is 3.31. The van der Waals surface area contributed by atoms with Crippen LogP contribution in [-0.2, 0) is 5.60 Å². The van der Waals surface area contributed by atoms with E-state index in [1.165, 1.54) is 13.2 Å². The molecule has 0 fully saturated rings. The van der Waals surface area contributed by atoms with Gasteiger partial charge in [0.1, 0.15) is 17.1 Å². The summed E-state index contributed by atoms with van der Waals surface area (Å²) in [6.07, 6.45) is 1.46. The van der Waals surface area contributed by atoms with E-state index in [0.29, 0.717) is 28.3 Å². The van der Waals surface area contributed by atoms with Crippen molar-refractivity contribution in [3.8, 4) is 0 Å². The highest BCUT2D eigenvalue weighted by Crippen LogP contribution is 2.21. The van der Waals surface area contributed by atoms with Crippen molar-refractivity contribution < 1.29 is 19.1 Å². The summed E-state index contributed by atoms with van der Waals surface area (Å²) in [5, 5.41) is 13.0. The maximum atomic E-state index is 12.3. The summed E-state index contributed by atoms with van der Waals surface area (Å²) in [6.45, 7) is 6.48. The summed E-state index contributed by atoms with van der Waals surface area (Å²) in [7, 11) is 0. The van der Waals surface area contributed by atoms with Crippen molar-refractivity contribution in [2.24, 2.45) is 0 Å². The number of ketones is 1. The van der Waals surface area contributed by atoms with E-state index < -0.39 is 5.60 Å². The third-order valence-electron chi connectivity index (χ3n) is 3.66. The van der Waals surface area contributed by atoms with Crippen LogP contribution in [-0.4, -0.2) is 28.3 Å². The number of rotatable bonds is 5. The summed E-state index contributed by atoms with van der Waals surface area (Å²) < 4.78 is 5.16. The minimum Gasteiger partial charge on any atom is -0.466 e. The molecule has 0 bridgehead atoms. The van der Waals surface area contributed by atoms with Gasteiger partial charge in [-0.3, -0.25) is 9.59 Å². The van der Waals surface area contributed by atoms with Crippen molar-refractivity contribution in [3.63, 3.8) is 0 Å². The monoisotopic (exact) mass is 304 g/mol. The molecule has 2 rings (SSSR count). The van der Waals surface area contributed by atoms with Crippen molar-refractivity contribution in [2.45, 2.75) is 33.3 Å². The molecular formula is C16H20N2O4. The number of hydrogen-bond donors (Lipinski definition) is 3. The predicted molar refractivity (Wildman–Crippen MR) is 80.9 cm³/mol. The molecule has 0 saturated carbocycles. The van der Waals surface area contributed by atoms with Gasteiger partial charge >= 0.3 is 0 Å². The van der Waals surface area contributed by atoms with Crippen molar-refractivity contribution in [2.75, 3.05) is 6.54 Å². The number of aliphatic hydroxyl groups is 1. The molecular weight excluding hydrogens is 284 g/mol. The minimum absolute atomic E-state index is 0.00768. The molecule has 0 spiro atoms. The summed E-state index contributed by atoms with van der Waals surface area (Å²) in [5.41, 5.74) is 0.826. The Kier molecular flexibility index (Phi) is 4.23. The number of Topliss-reactive ketones (excluding diaryl/α,β-unsaturated/α-hetero) is 1. The molecule has 1 unspecified atom stereocenters. The SMILES string of the molecule is CC(=O)c1c(C)[nH]c(C(=O)NCC(C)(O)c2ccco2)c1C. The van der Waals surface area contributed by atoms with Crippen LogP contribution in [0.5, 0.6) is 0 Å². The number of amides is 1. The zero-order chi connectivity index (χ0) is 16.5.